The standard InChI is InChI=1S/C25H25FN4O4/c1-16-13-28-15-30(16)14-20(18-5-7-21(26)8-6-18)12-17-3-2-4-19(11-17)24(32)29-22(25(33)34)9-10-23(27)31/h2-8,11-13,15,22H,9-10,14H2,1H3,(H2,27,31)(H,29,32)(H,33,34)/t22-/m0/s1. The van der Waals surface area contributed by atoms with E-state index in [2.05, 4.69) is 10.3 Å². The molecule has 0 unspecified atom stereocenters. The normalized spacial score (nSPS) is 12.2. The molecule has 0 aliphatic rings. The molecule has 0 aliphatic carbocycles. The number of aromatic nitrogens is 2. The van der Waals surface area contributed by atoms with Crippen molar-refractivity contribution < 1.29 is 23.9 Å². The molecule has 3 rings (SSSR count). The molecule has 0 radical (unpaired) electrons. The minimum Gasteiger partial charge on any atom is -0.480 e. The number of benzene rings is 2. The molecule has 3 aromatic rings. The fourth-order valence-corrected chi connectivity index (χ4v) is 3.38. The zero-order valence-electron chi connectivity index (χ0n) is 18.6. The number of primary amides is 1. The molecule has 2 aromatic carbocycles. The predicted octanol–water partition coefficient (Wildman–Crippen LogP) is 3.02. The SMILES string of the molecule is Cc1cncn1CC(=Cc1cccc(C(=O)N[C@@H](CCC(N)=O)C(=O)O)c1)c1ccc(F)cc1. The smallest absolute Gasteiger partial charge is 0.326 e. The molecule has 0 spiro atoms. The number of rotatable bonds is 10. The van der Waals surface area contributed by atoms with Gasteiger partial charge < -0.3 is 20.7 Å². The van der Waals surface area contributed by atoms with E-state index in [4.69, 9.17) is 5.73 Å². The molecule has 2 amide bonds. The molecule has 0 fully saturated rings. The molecule has 0 saturated carbocycles. The van der Waals surface area contributed by atoms with Gasteiger partial charge in [0.05, 0.1) is 6.33 Å². The van der Waals surface area contributed by atoms with Gasteiger partial charge in [0.2, 0.25) is 5.91 Å². The summed E-state index contributed by atoms with van der Waals surface area (Å²) in [7, 11) is 0. The summed E-state index contributed by atoms with van der Waals surface area (Å²) in [6, 6.07) is 11.6. The van der Waals surface area contributed by atoms with Gasteiger partial charge >= 0.3 is 5.97 Å². The quantitative estimate of drug-likeness (QED) is 0.398. The summed E-state index contributed by atoms with van der Waals surface area (Å²) in [6.07, 6.45) is 5.06. The zero-order valence-corrected chi connectivity index (χ0v) is 18.6. The summed E-state index contributed by atoms with van der Waals surface area (Å²) >= 11 is 0. The molecule has 0 saturated heterocycles. The highest BCUT2D eigenvalue weighted by Gasteiger charge is 2.21. The Bertz CT molecular complexity index is 1220. The van der Waals surface area contributed by atoms with Crippen LogP contribution < -0.4 is 11.1 Å². The van der Waals surface area contributed by atoms with Gasteiger partial charge in [-0.2, -0.15) is 0 Å². The van der Waals surface area contributed by atoms with Crippen LogP contribution in [0.25, 0.3) is 11.6 Å². The monoisotopic (exact) mass is 464 g/mol. The first-order chi connectivity index (χ1) is 16.2. The highest BCUT2D eigenvalue weighted by atomic mass is 19.1. The Morgan fingerprint density at radius 1 is 1.18 bits per heavy atom. The number of aryl methyl sites for hydroxylation is 1. The highest BCUT2D eigenvalue weighted by Crippen LogP contribution is 2.22. The average molecular weight is 464 g/mol. The Morgan fingerprint density at radius 3 is 2.53 bits per heavy atom. The first-order valence-electron chi connectivity index (χ1n) is 10.6. The van der Waals surface area contributed by atoms with E-state index in [9.17, 15) is 23.9 Å². The Balaban J connectivity index is 1.88. The minimum absolute atomic E-state index is 0.102. The van der Waals surface area contributed by atoms with Gasteiger partial charge in [-0.1, -0.05) is 24.3 Å². The lowest BCUT2D eigenvalue weighted by Crippen LogP contribution is -2.41. The first kappa shape index (κ1) is 24.4. The third-order valence-electron chi connectivity index (χ3n) is 5.25. The van der Waals surface area contributed by atoms with E-state index in [0.29, 0.717) is 12.1 Å². The Hall–Kier alpha value is -4.27. The lowest BCUT2D eigenvalue weighted by atomic mass is 10.0. The van der Waals surface area contributed by atoms with Crippen LogP contribution in [0.4, 0.5) is 4.39 Å². The minimum atomic E-state index is -1.25. The molecule has 9 heteroatoms. The number of imidazole rings is 1. The van der Waals surface area contributed by atoms with E-state index in [0.717, 1.165) is 16.8 Å². The number of hydrogen-bond donors (Lipinski definition) is 3. The van der Waals surface area contributed by atoms with Crippen LogP contribution in [0, 0.1) is 12.7 Å². The van der Waals surface area contributed by atoms with Gasteiger partial charge in [-0.3, -0.25) is 9.59 Å². The number of nitrogens with two attached hydrogens (primary N) is 1. The number of allylic oxidation sites excluding steroid dienone is 1. The van der Waals surface area contributed by atoms with Crippen LogP contribution >= 0.6 is 0 Å². The van der Waals surface area contributed by atoms with Crippen molar-refractivity contribution in [3.63, 3.8) is 0 Å². The van der Waals surface area contributed by atoms with Crippen molar-refractivity contribution in [2.24, 2.45) is 5.73 Å². The summed E-state index contributed by atoms with van der Waals surface area (Å²) in [6.45, 7) is 2.40. The van der Waals surface area contributed by atoms with E-state index >= 15 is 0 Å². The van der Waals surface area contributed by atoms with Crippen LogP contribution in [-0.4, -0.2) is 38.5 Å². The molecular weight excluding hydrogens is 439 g/mol. The van der Waals surface area contributed by atoms with Crippen LogP contribution in [0.3, 0.4) is 0 Å². The van der Waals surface area contributed by atoms with Gasteiger partial charge in [0.25, 0.3) is 5.91 Å². The first-order valence-corrected chi connectivity index (χ1v) is 10.6. The number of carboxylic acid groups (broad SMARTS) is 1. The molecule has 1 aromatic heterocycles. The molecular formula is C25H25FN4O4. The third kappa shape index (κ3) is 6.61. The molecule has 4 N–H and O–H groups in total. The summed E-state index contributed by atoms with van der Waals surface area (Å²) in [5, 5.41) is 11.8. The van der Waals surface area contributed by atoms with Crippen LogP contribution in [0.1, 0.15) is 40.0 Å². The van der Waals surface area contributed by atoms with Crippen molar-refractivity contribution in [2.75, 3.05) is 0 Å². The molecule has 176 valence electrons. The lowest BCUT2D eigenvalue weighted by molar-refractivity contribution is -0.139. The van der Waals surface area contributed by atoms with E-state index in [-0.39, 0.29) is 24.2 Å². The molecule has 34 heavy (non-hydrogen) atoms. The number of amides is 2. The van der Waals surface area contributed by atoms with Crippen LogP contribution in [-0.2, 0) is 16.1 Å². The number of aliphatic carboxylic acids is 1. The maximum atomic E-state index is 13.5. The van der Waals surface area contributed by atoms with Gasteiger partial charge in [-0.05, 0) is 60.4 Å². The number of carbonyl (C=O) groups is 3. The second kappa shape index (κ2) is 11.0. The van der Waals surface area contributed by atoms with Gasteiger partial charge in [0.1, 0.15) is 11.9 Å². The summed E-state index contributed by atoms with van der Waals surface area (Å²) < 4.78 is 15.4. The second-order valence-corrected chi connectivity index (χ2v) is 7.83. The van der Waals surface area contributed by atoms with Crippen LogP contribution in [0.5, 0.6) is 0 Å². The van der Waals surface area contributed by atoms with Gasteiger partial charge in [0.15, 0.2) is 0 Å². The van der Waals surface area contributed by atoms with Crippen molar-refractivity contribution in [3.8, 4) is 0 Å². The van der Waals surface area contributed by atoms with Crippen molar-refractivity contribution in [1.29, 1.82) is 0 Å². The predicted molar refractivity (Wildman–Crippen MR) is 125 cm³/mol. The van der Waals surface area contributed by atoms with Crippen molar-refractivity contribution in [1.82, 2.24) is 14.9 Å². The summed E-state index contributed by atoms with van der Waals surface area (Å²) in [5.41, 5.74) is 8.68. The van der Waals surface area contributed by atoms with E-state index in [1.54, 1.807) is 42.9 Å². The van der Waals surface area contributed by atoms with Crippen LogP contribution in [0.15, 0.2) is 61.1 Å². The fraction of sp³-hybridized carbons (Fsp3) is 0.200. The topological polar surface area (TPSA) is 127 Å². The Kier molecular flexibility index (Phi) is 7.92. The largest absolute Gasteiger partial charge is 0.480 e. The van der Waals surface area contributed by atoms with Crippen molar-refractivity contribution in [2.45, 2.75) is 32.4 Å². The van der Waals surface area contributed by atoms with E-state index < -0.39 is 23.8 Å². The number of halogens is 1. The number of nitrogens with zero attached hydrogens (tertiary/aromatic N) is 2. The van der Waals surface area contributed by atoms with Crippen LogP contribution in [0.2, 0.25) is 0 Å². The third-order valence-corrected chi connectivity index (χ3v) is 5.25. The Labute approximate surface area is 195 Å². The van der Waals surface area contributed by atoms with E-state index in [1.165, 1.54) is 12.1 Å². The summed E-state index contributed by atoms with van der Waals surface area (Å²) in [4.78, 5) is 39.2. The molecule has 1 heterocycles. The van der Waals surface area contributed by atoms with E-state index in [1.807, 2.05) is 23.6 Å². The van der Waals surface area contributed by atoms with Crippen molar-refractivity contribution >= 4 is 29.4 Å². The fourth-order valence-electron chi connectivity index (χ4n) is 3.38. The molecule has 1 atom stereocenters. The highest BCUT2D eigenvalue weighted by molar-refractivity contribution is 5.97. The average Bonchev–Trinajstić information content (AvgIpc) is 3.20. The van der Waals surface area contributed by atoms with Gasteiger partial charge in [-0.15, -0.1) is 0 Å². The molecule has 8 nitrogen and oxygen atoms in total. The maximum absolute atomic E-state index is 13.5. The number of carbonyl (C=O) groups excluding carboxylic acids is 2. The maximum Gasteiger partial charge on any atom is 0.326 e. The van der Waals surface area contributed by atoms with Crippen molar-refractivity contribution in [3.05, 3.63) is 89.3 Å². The zero-order chi connectivity index (χ0) is 24.7. The van der Waals surface area contributed by atoms with Gasteiger partial charge in [-0.25, -0.2) is 14.2 Å². The number of carboxylic acids is 1. The molecule has 0 bridgehead atoms. The number of hydrogen-bond acceptors (Lipinski definition) is 4. The Morgan fingerprint density at radius 2 is 1.91 bits per heavy atom. The summed E-state index contributed by atoms with van der Waals surface area (Å²) in [5.74, 6) is -2.82. The lowest BCUT2D eigenvalue weighted by Gasteiger charge is -2.14. The second-order valence-electron chi connectivity index (χ2n) is 7.83. The van der Waals surface area contributed by atoms with Gasteiger partial charge in [0, 0.05) is 30.4 Å². The molecule has 0 aliphatic heterocycles. The number of nitrogens with one attached hydrogen (secondary N) is 1.